The molecule has 0 amide bonds. The number of nitrogens with zero attached hydrogens (tertiary/aromatic N) is 3. The van der Waals surface area contributed by atoms with E-state index < -0.39 is 0 Å². The molecule has 0 spiro atoms. The first-order valence-corrected chi connectivity index (χ1v) is 6.51. The second-order valence-electron chi connectivity index (χ2n) is 4.67. The maximum absolute atomic E-state index is 13.9. The number of hydrogen-bond acceptors (Lipinski definition) is 3. The van der Waals surface area contributed by atoms with E-state index in [2.05, 4.69) is 10.3 Å². The highest BCUT2D eigenvalue weighted by molar-refractivity contribution is 5.72. The Morgan fingerprint density at radius 3 is 2.57 bits per heavy atom. The molecule has 2 aromatic carbocycles. The van der Waals surface area contributed by atoms with Gasteiger partial charge in [0.1, 0.15) is 11.6 Å². The van der Waals surface area contributed by atoms with E-state index in [-0.39, 0.29) is 5.82 Å². The molecule has 0 aliphatic rings. The summed E-state index contributed by atoms with van der Waals surface area (Å²) in [5.74, 6) is 0.311. The van der Waals surface area contributed by atoms with Crippen LogP contribution < -0.4 is 4.74 Å². The molecule has 4 nitrogen and oxygen atoms in total. The minimum absolute atomic E-state index is 0.278. The van der Waals surface area contributed by atoms with Crippen LogP contribution in [0, 0.1) is 12.7 Å². The van der Waals surface area contributed by atoms with Crippen LogP contribution >= 0.6 is 0 Å². The van der Waals surface area contributed by atoms with Crippen molar-refractivity contribution in [1.82, 2.24) is 15.0 Å². The van der Waals surface area contributed by atoms with Crippen LogP contribution in [0.25, 0.3) is 16.8 Å². The van der Waals surface area contributed by atoms with Crippen LogP contribution in [-0.4, -0.2) is 22.1 Å². The number of halogens is 1. The van der Waals surface area contributed by atoms with Crippen LogP contribution in [0.2, 0.25) is 0 Å². The third-order valence-corrected chi connectivity index (χ3v) is 3.22. The Balaban J connectivity index is 2.10. The molecule has 0 atom stereocenters. The zero-order chi connectivity index (χ0) is 14.8. The lowest BCUT2D eigenvalue weighted by Gasteiger charge is -2.11. The molecule has 3 rings (SSSR count). The summed E-state index contributed by atoms with van der Waals surface area (Å²) in [6, 6.07) is 12.1. The Morgan fingerprint density at radius 2 is 1.90 bits per heavy atom. The van der Waals surface area contributed by atoms with Gasteiger partial charge in [-0.15, -0.1) is 5.10 Å². The van der Waals surface area contributed by atoms with Gasteiger partial charge in [0.15, 0.2) is 0 Å². The van der Waals surface area contributed by atoms with E-state index >= 15 is 0 Å². The van der Waals surface area contributed by atoms with Crippen molar-refractivity contribution >= 4 is 0 Å². The summed E-state index contributed by atoms with van der Waals surface area (Å²) in [6.45, 7) is 1.87. The lowest BCUT2D eigenvalue weighted by atomic mass is 10.0. The van der Waals surface area contributed by atoms with Gasteiger partial charge >= 0.3 is 0 Å². The zero-order valence-corrected chi connectivity index (χ0v) is 11.7. The largest absolute Gasteiger partial charge is 0.496 e. The monoisotopic (exact) mass is 283 g/mol. The molecule has 0 saturated carbocycles. The Kier molecular flexibility index (Phi) is 3.39. The van der Waals surface area contributed by atoms with E-state index in [1.54, 1.807) is 30.0 Å². The van der Waals surface area contributed by atoms with Gasteiger partial charge in [-0.2, -0.15) is 0 Å². The minimum atomic E-state index is -0.278. The fourth-order valence-electron chi connectivity index (χ4n) is 2.20. The van der Waals surface area contributed by atoms with Crippen molar-refractivity contribution in [1.29, 1.82) is 0 Å². The summed E-state index contributed by atoms with van der Waals surface area (Å²) >= 11 is 0. The molecule has 0 aliphatic carbocycles. The van der Waals surface area contributed by atoms with Gasteiger partial charge in [-0.05, 0) is 25.1 Å². The number of hydrogen-bond donors (Lipinski definition) is 0. The smallest absolute Gasteiger partial charge is 0.131 e. The van der Waals surface area contributed by atoms with Crippen LogP contribution in [0.4, 0.5) is 4.39 Å². The van der Waals surface area contributed by atoms with E-state index in [1.807, 2.05) is 31.3 Å². The number of aryl methyl sites for hydroxylation is 1. The van der Waals surface area contributed by atoms with Gasteiger partial charge < -0.3 is 4.74 Å². The molecule has 0 aliphatic heterocycles. The van der Waals surface area contributed by atoms with E-state index in [0.29, 0.717) is 16.9 Å². The zero-order valence-electron chi connectivity index (χ0n) is 11.7. The normalized spacial score (nSPS) is 10.6. The van der Waals surface area contributed by atoms with Crippen LogP contribution in [-0.2, 0) is 0 Å². The quantitative estimate of drug-likeness (QED) is 0.739. The van der Waals surface area contributed by atoms with Crippen molar-refractivity contribution < 1.29 is 9.13 Å². The van der Waals surface area contributed by atoms with Crippen LogP contribution in [0.1, 0.15) is 5.69 Å². The number of benzene rings is 2. The van der Waals surface area contributed by atoms with Crippen molar-refractivity contribution in [2.75, 3.05) is 7.11 Å². The predicted octanol–water partition coefficient (Wildman–Crippen LogP) is 3.39. The molecule has 5 heteroatoms. The van der Waals surface area contributed by atoms with Crippen LogP contribution in [0.3, 0.4) is 0 Å². The molecule has 0 unspecified atom stereocenters. The standard InChI is InChI=1S/C16H14FN3O/c1-11-10-20(19-18-11)12-7-8-14(16(9-12)21-2)13-5-3-4-6-15(13)17/h3-10H,1-2H3. The van der Waals surface area contributed by atoms with E-state index in [1.165, 1.54) is 6.07 Å². The maximum atomic E-state index is 13.9. The Morgan fingerprint density at radius 1 is 1.10 bits per heavy atom. The van der Waals surface area contributed by atoms with Gasteiger partial charge in [-0.3, -0.25) is 0 Å². The number of methoxy groups -OCH3 is 1. The first kappa shape index (κ1) is 13.3. The van der Waals surface area contributed by atoms with Crippen LogP contribution in [0.5, 0.6) is 5.75 Å². The highest BCUT2D eigenvalue weighted by Gasteiger charge is 2.12. The summed E-state index contributed by atoms with van der Waals surface area (Å²) in [4.78, 5) is 0. The molecular formula is C16H14FN3O. The highest BCUT2D eigenvalue weighted by atomic mass is 19.1. The molecule has 0 radical (unpaired) electrons. The van der Waals surface area contributed by atoms with Crippen LogP contribution in [0.15, 0.2) is 48.7 Å². The molecule has 21 heavy (non-hydrogen) atoms. The molecule has 106 valence electrons. The Labute approximate surface area is 121 Å². The van der Waals surface area contributed by atoms with Gasteiger partial charge in [0.05, 0.1) is 24.7 Å². The van der Waals surface area contributed by atoms with Crippen molar-refractivity contribution in [2.45, 2.75) is 6.92 Å². The van der Waals surface area contributed by atoms with E-state index in [4.69, 9.17) is 4.74 Å². The molecular weight excluding hydrogens is 269 g/mol. The summed E-state index contributed by atoms with van der Waals surface area (Å²) < 4.78 is 21.0. The number of aromatic nitrogens is 3. The molecule has 1 heterocycles. The first-order chi connectivity index (χ1) is 10.2. The third-order valence-electron chi connectivity index (χ3n) is 3.22. The van der Waals surface area contributed by atoms with E-state index in [0.717, 1.165) is 11.4 Å². The molecule has 1 aromatic heterocycles. The molecule has 0 N–H and O–H groups in total. The maximum Gasteiger partial charge on any atom is 0.131 e. The summed E-state index contributed by atoms with van der Waals surface area (Å²) in [5, 5.41) is 7.97. The topological polar surface area (TPSA) is 39.9 Å². The first-order valence-electron chi connectivity index (χ1n) is 6.51. The summed E-state index contributed by atoms with van der Waals surface area (Å²) in [5.41, 5.74) is 2.85. The van der Waals surface area contributed by atoms with Crippen molar-refractivity contribution in [3.63, 3.8) is 0 Å². The third kappa shape index (κ3) is 2.50. The molecule has 0 saturated heterocycles. The Bertz CT molecular complexity index is 783. The van der Waals surface area contributed by atoms with Gasteiger partial charge in [0.2, 0.25) is 0 Å². The average Bonchev–Trinajstić information content (AvgIpc) is 2.94. The highest BCUT2D eigenvalue weighted by Crippen LogP contribution is 2.33. The minimum Gasteiger partial charge on any atom is -0.496 e. The second kappa shape index (κ2) is 5.36. The predicted molar refractivity (Wildman–Crippen MR) is 78.0 cm³/mol. The van der Waals surface area contributed by atoms with Gasteiger partial charge in [-0.1, -0.05) is 23.4 Å². The van der Waals surface area contributed by atoms with E-state index in [9.17, 15) is 4.39 Å². The fraction of sp³-hybridized carbons (Fsp3) is 0.125. The van der Waals surface area contributed by atoms with Gasteiger partial charge in [0.25, 0.3) is 0 Å². The van der Waals surface area contributed by atoms with Crippen molar-refractivity contribution in [2.24, 2.45) is 0 Å². The average molecular weight is 283 g/mol. The summed E-state index contributed by atoms with van der Waals surface area (Å²) in [7, 11) is 1.57. The van der Waals surface area contributed by atoms with Crippen molar-refractivity contribution in [3.05, 3.63) is 60.2 Å². The SMILES string of the molecule is COc1cc(-n2cc(C)nn2)ccc1-c1ccccc1F. The molecule has 0 fully saturated rings. The van der Waals surface area contributed by atoms with Crippen molar-refractivity contribution in [3.8, 4) is 22.6 Å². The van der Waals surface area contributed by atoms with Gasteiger partial charge in [-0.25, -0.2) is 9.07 Å². The Hall–Kier alpha value is -2.69. The number of rotatable bonds is 3. The second-order valence-corrected chi connectivity index (χ2v) is 4.67. The fourth-order valence-corrected chi connectivity index (χ4v) is 2.20. The lowest BCUT2D eigenvalue weighted by Crippen LogP contribution is -1.97. The molecule has 3 aromatic rings. The molecule has 0 bridgehead atoms. The van der Waals surface area contributed by atoms with Gasteiger partial charge in [0, 0.05) is 17.2 Å². The lowest BCUT2D eigenvalue weighted by molar-refractivity contribution is 0.416. The number of ether oxygens (including phenoxy) is 1. The summed E-state index contributed by atoms with van der Waals surface area (Å²) in [6.07, 6.45) is 1.82.